The Bertz CT molecular complexity index is 583. The van der Waals surface area contributed by atoms with Gasteiger partial charge >= 0.3 is 0 Å². The molecule has 3 aliphatic carbocycles. The van der Waals surface area contributed by atoms with E-state index < -0.39 is 5.54 Å². The predicted molar refractivity (Wildman–Crippen MR) is 88.9 cm³/mol. The van der Waals surface area contributed by atoms with Gasteiger partial charge in [-0.3, -0.25) is 10.1 Å². The Kier molecular flexibility index (Phi) is 3.90. The Hall–Kier alpha value is -1.39. The van der Waals surface area contributed by atoms with Gasteiger partial charge in [0.2, 0.25) is 5.91 Å². The van der Waals surface area contributed by atoms with Gasteiger partial charge in [-0.05, 0) is 61.5 Å². The van der Waals surface area contributed by atoms with E-state index in [4.69, 9.17) is 0 Å². The number of benzene rings is 1. The molecule has 3 N–H and O–H groups in total. The van der Waals surface area contributed by atoms with Crippen LogP contribution in [0.2, 0.25) is 0 Å². The molecule has 0 heterocycles. The minimum absolute atomic E-state index is 0.0337. The SMILES string of the molecule is O=C(CNC1(CO)CCc2ccccc21)NC(C1CC1)C1CC1. The number of amides is 1. The number of carbonyl (C=O) groups is 1. The molecule has 1 unspecified atom stereocenters. The first-order valence-electron chi connectivity index (χ1n) is 8.95. The van der Waals surface area contributed by atoms with Crippen LogP contribution in [0.4, 0.5) is 0 Å². The number of fused-ring (bicyclic) bond motifs is 1. The lowest BCUT2D eigenvalue weighted by Gasteiger charge is -2.30. The summed E-state index contributed by atoms with van der Waals surface area (Å²) in [5, 5.41) is 16.6. The highest BCUT2D eigenvalue weighted by Gasteiger charge is 2.43. The number of aliphatic hydroxyl groups is 1. The number of hydrogen-bond donors (Lipinski definition) is 3. The molecular weight excluding hydrogens is 288 g/mol. The van der Waals surface area contributed by atoms with Crippen molar-refractivity contribution in [2.75, 3.05) is 13.2 Å². The van der Waals surface area contributed by atoms with Crippen molar-refractivity contribution >= 4 is 5.91 Å². The Balaban J connectivity index is 1.38. The van der Waals surface area contributed by atoms with Crippen molar-refractivity contribution in [1.29, 1.82) is 0 Å². The zero-order valence-electron chi connectivity index (χ0n) is 13.6. The second-order valence-electron chi connectivity index (χ2n) is 7.52. The zero-order valence-corrected chi connectivity index (χ0v) is 13.6. The van der Waals surface area contributed by atoms with Crippen LogP contribution in [0.25, 0.3) is 0 Å². The summed E-state index contributed by atoms with van der Waals surface area (Å²) in [6, 6.07) is 8.62. The van der Waals surface area contributed by atoms with Crippen LogP contribution in [-0.2, 0) is 16.8 Å². The molecule has 4 nitrogen and oxygen atoms in total. The van der Waals surface area contributed by atoms with Crippen molar-refractivity contribution in [3.05, 3.63) is 35.4 Å². The lowest BCUT2D eigenvalue weighted by atomic mass is 9.92. The van der Waals surface area contributed by atoms with Crippen LogP contribution < -0.4 is 10.6 Å². The summed E-state index contributed by atoms with van der Waals surface area (Å²) >= 11 is 0. The van der Waals surface area contributed by atoms with Gasteiger partial charge in [0.25, 0.3) is 0 Å². The fraction of sp³-hybridized carbons (Fsp3) is 0.632. The summed E-state index contributed by atoms with van der Waals surface area (Å²) in [5.41, 5.74) is 1.97. The number of aryl methyl sites for hydroxylation is 1. The first kappa shape index (κ1) is 15.2. The summed E-state index contributed by atoms with van der Waals surface area (Å²) < 4.78 is 0. The van der Waals surface area contributed by atoms with E-state index in [0.29, 0.717) is 17.9 Å². The first-order chi connectivity index (χ1) is 11.2. The number of aliphatic hydroxyl groups excluding tert-OH is 1. The summed E-state index contributed by atoms with van der Waals surface area (Å²) in [7, 11) is 0. The van der Waals surface area contributed by atoms with E-state index in [0.717, 1.165) is 18.4 Å². The van der Waals surface area contributed by atoms with E-state index in [2.05, 4.69) is 22.8 Å². The van der Waals surface area contributed by atoms with Gasteiger partial charge in [-0.2, -0.15) is 0 Å². The quantitative estimate of drug-likeness (QED) is 0.718. The molecule has 0 aliphatic heterocycles. The Morgan fingerprint density at radius 2 is 1.91 bits per heavy atom. The largest absolute Gasteiger partial charge is 0.394 e. The maximum atomic E-state index is 12.4. The van der Waals surface area contributed by atoms with Crippen molar-refractivity contribution in [3.63, 3.8) is 0 Å². The molecule has 0 aromatic heterocycles. The van der Waals surface area contributed by atoms with Crippen molar-refractivity contribution in [2.45, 2.75) is 50.1 Å². The van der Waals surface area contributed by atoms with Gasteiger partial charge in [-0.1, -0.05) is 24.3 Å². The van der Waals surface area contributed by atoms with Crippen LogP contribution in [0.15, 0.2) is 24.3 Å². The molecule has 3 aliphatic rings. The van der Waals surface area contributed by atoms with Gasteiger partial charge < -0.3 is 10.4 Å². The molecule has 23 heavy (non-hydrogen) atoms. The van der Waals surface area contributed by atoms with E-state index >= 15 is 0 Å². The number of rotatable bonds is 7. The third-order valence-corrected chi connectivity index (χ3v) is 5.80. The summed E-state index contributed by atoms with van der Waals surface area (Å²) in [6.07, 6.45) is 6.88. The van der Waals surface area contributed by atoms with Gasteiger partial charge in [0.05, 0.1) is 18.7 Å². The van der Waals surface area contributed by atoms with E-state index in [1.54, 1.807) is 0 Å². The van der Waals surface area contributed by atoms with Crippen LogP contribution >= 0.6 is 0 Å². The van der Waals surface area contributed by atoms with Crippen LogP contribution in [0.5, 0.6) is 0 Å². The molecule has 1 atom stereocenters. The second kappa shape index (κ2) is 5.91. The van der Waals surface area contributed by atoms with Gasteiger partial charge in [0, 0.05) is 6.04 Å². The Labute approximate surface area is 137 Å². The monoisotopic (exact) mass is 314 g/mol. The standard InChI is InChI=1S/C19H26N2O2/c22-12-19(10-9-13-3-1-2-4-16(13)19)20-11-17(23)21-18(14-5-6-14)15-7-8-15/h1-4,14-15,18,20,22H,5-12H2,(H,21,23). The van der Waals surface area contributed by atoms with E-state index in [1.165, 1.54) is 31.2 Å². The van der Waals surface area contributed by atoms with Crippen molar-refractivity contribution < 1.29 is 9.90 Å². The Morgan fingerprint density at radius 1 is 1.22 bits per heavy atom. The van der Waals surface area contributed by atoms with Gasteiger partial charge in [-0.25, -0.2) is 0 Å². The maximum absolute atomic E-state index is 12.4. The molecule has 1 aromatic carbocycles. The highest BCUT2D eigenvalue weighted by Crippen LogP contribution is 2.44. The smallest absolute Gasteiger partial charge is 0.234 e. The minimum atomic E-state index is -0.456. The van der Waals surface area contributed by atoms with Crippen LogP contribution in [-0.4, -0.2) is 30.2 Å². The molecule has 1 aromatic rings. The molecule has 0 spiro atoms. The Morgan fingerprint density at radius 3 is 2.57 bits per heavy atom. The third kappa shape index (κ3) is 3.02. The number of nitrogens with one attached hydrogen (secondary N) is 2. The highest BCUT2D eigenvalue weighted by atomic mass is 16.3. The summed E-state index contributed by atoms with van der Waals surface area (Å²) in [4.78, 5) is 12.4. The van der Waals surface area contributed by atoms with Crippen LogP contribution in [0.3, 0.4) is 0 Å². The molecule has 0 saturated heterocycles. The molecular formula is C19H26N2O2. The van der Waals surface area contributed by atoms with Gasteiger partial charge in [-0.15, -0.1) is 0 Å². The summed E-state index contributed by atoms with van der Waals surface area (Å²) in [5.74, 6) is 1.50. The van der Waals surface area contributed by atoms with Crippen molar-refractivity contribution in [2.24, 2.45) is 11.8 Å². The topological polar surface area (TPSA) is 61.4 Å². The van der Waals surface area contributed by atoms with E-state index in [-0.39, 0.29) is 19.1 Å². The fourth-order valence-electron chi connectivity index (χ4n) is 4.11. The average molecular weight is 314 g/mol. The number of hydrogen-bond acceptors (Lipinski definition) is 3. The maximum Gasteiger partial charge on any atom is 0.234 e. The molecule has 0 bridgehead atoms. The number of carbonyl (C=O) groups excluding carboxylic acids is 1. The molecule has 4 heteroatoms. The minimum Gasteiger partial charge on any atom is -0.394 e. The fourth-order valence-corrected chi connectivity index (χ4v) is 4.11. The average Bonchev–Trinajstić information content (AvgIpc) is 3.48. The highest BCUT2D eigenvalue weighted by molar-refractivity contribution is 5.78. The predicted octanol–water partition coefficient (Wildman–Crippen LogP) is 1.71. The zero-order chi connectivity index (χ0) is 15.9. The van der Waals surface area contributed by atoms with Crippen molar-refractivity contribution in [1.82, 2.24) is 10.6 Å². The molecule has 4 rings (SSSR count). The van der Waals surface area contributed by atoms with Crippen LogP contribution in [0.1, 0.15) is 43.2 Å². The molecule has 2 fully saturated rings. The molecule has 0 radical (unpaired) electrons. The van der Waals surface area contributed by atoms with Crippen molar-refractivity contribution in [3.8, 4) is 0 Å². The molecule has 1 amide bonds. The van der Waals surface area contributed by atoms with Crippen LogP contribution in [0, 0.1) is 11.8 Å². The third-order valence-electron chi connectivity index (χ3n) is 5.80. The molecule has 124 valence electrons. The summed E-state index contributed by atoms with van der Waals surface area (Å²) in [6.45, 7) is 0.316. The van der Waals surface area contributed by atoms with E-state index in [9.17, 15) is 9.90 Å². The van der Waals surface area contributed by atoms with Gasteiger partial charge in [0.15, 0.2) is 0 Å². The second-order valence-corrected chi connectivity index (χ2v) is 7.52. The van der Waals surface area contributed by atoms with E-state index in [1.807, 2.05) is 12.1 Å². The lowest BCUT2D eigenvalue weighted by Crippen LogP contribution is -2.50. The first-order valence-corrected chi connectivity index (χ1v) is 8.95. The normalized spacial score (nSPS) is 26.3. The lowest BCUT2D eigenvalue weighted by molar-refractivity contribution is -0.121. The van der Waals surface area contributed by atoms with Gasteiger partial charge in [0.1, 0.15) is 0 Å². The molecule has 2 saturated carbocycles.